The fraction of sp³-hybridized carbons (Fsp3) is 0.143. The van der Waals surface area contributed by atoms with Crippen LogP contribution < -0.4 is 14.9 Å². The van der Waals surface area contributed by atoms with E-state index in [1.54, 1.807) is 29.6 Å². The maximum atomic E-state index is 13.7. The van der Waals surface area contributed by atoms with Crippen molar-refractivity contribution < 1.29 is 27.4 Å². The minimum Gasteiger partial charge on any atom is -0.496 e. The van der Waals surface area contributed by atoms with Crippen LogP contribution in [0.4, 0.5) is 13.2 Å². The molecule has 0 radical (unpaired) electrons. The van der Waals surface area contributed by atoms with Gasteiger partial charge in [-0.15, -0.1) is 11.3 Å². The van der Waals surface area contributed by atoms with Gasteiger partial charge in [0.25, 0.3) is 5.91 Å². The van der Waals surface area contributed by atoms with E-state index in [2.05, 4.69) is 36.5 Å². The molecule has 0 spiro atoms. The van der Waals surface area contributed by atoms with E-state index in [-0.39, 0.29) is 17.0 Å². The molecule has 0 atom stereocenters. The topological polar surface area (TPSA) is 90.1 Å². The van der Waals surface area contributed by atoms with Gasteiger partial charge in [-0.3, -0.25) is 4.79 Å². The first-order chi connectivity index (χ1) is 16.2. The van der Waals surface area contributed by atoms with Crippen molar-refractivity contribution >= 4 is 45.0 Å². The van der Waals surface area contributed by atoms with Crippen LogP contribution in [0.15, 0.2) is 51.4 Å². The molecule has 0 saturated carbocycles. The Hall–Kier alpha value is -3.45. The Balaban J connectivity index is 1.65. The molecule has 4 aromatic rings. The van der Waals surface area contributed by atoms with Crippen molar-refractivity contribution in [3.63, 3.8) is 0 Å². The number of rotatable bonds is 6. The third-order valence-electron chi connectivity index (χ3n) is 4.63. The molecule has 0 saturated heterocycles. The fourth-order valence-corrected chi connectivity index (χ4v) is 4.34. The summed E-state index contributed by atoms with van der Waals surface area (Å²) in [6, 6.07) is 8.78. The van der Waals surface area contributed by atoms with Gasteiger partial charge in [-0.25, -0.2) is 14.9 Å². The van der Waals surface area contributed by atoms with Crippen LogP contribution in [0.2, 0.25) is 0 Å². The molecule has 0 aliphatic carbocycles. The monoisotopic (exact) mass is 553 g/mol. The summed E-state index contributed by atoms with van der Waals surface area (Å²) >= 11 is 4.63. The SMILES string of the molecule is COc1ccc(OC)c(C=NNC(=O)c2cc3nc(-c4cccs4)cc(C(F)(F)F)n3n2)c1Br. The highest BCUT2D eigenvalue weighted by Gasteiger charge is 2.35. The molecule has 1 aromatic carbocycles. The number of amides is 1. The van der Waals surface area contributed by atoms with Crippen LogP contribution in [0.1, 0.15) is 21.7 Å². The van der Waals surface area contributed by atoms with Gasteiger partial charge < -0.3 is 9.47 Å². The number of hydrazone groups is 1. The second-order valence-electron chi connectivity index (χ2n) is 6.70. The number of thiophene rings is 1. The molecule has 34 heavy (non-hydrogen) atoms. The zero-order valence-corrected chi connectivity index (χ0v) is 20.0. The molecular weight excluding hydrogens is 539 g/mol. The molecule has 1 amide bonds. The second-order valence-corrected chi connectivity index (χ2v) is 8.44. The highest BCUT2D eigenvalue weighted by molar-refractivity contribution is 9.10. The van der Waals surface area contributed by atoms with E-state index >= 15 is 0 Å². The molecule has 0 aliphatic heterocycles. The summed E-state index contributed by atoms with van der Waals surface area (Å²) < 4.78 is 52.7. The van der Waals surface area contributed by atoms with Crippen LogP contribution in [0.25, 0.3) is 16.2 Å². The quantitative estimate of drug-likeness (QED) is 0.267. The van der Waals surface area contributed by atoms with Crippen LogP contribution >= 0.6 is 27.3 Å². The van der Waals surface area contributed by atoms with Gasteiger partial charge in [0.15, 0.2) is 17.0 Å². The lowest BCUT2D eigenvalue weighted by Crippen LogP contribution is -2.19. The third-order valence-corrected chi connectivity index (χ3v) is 6.34. The molecule has 0 unspecified atom stereocenters. The van der Waals surface area contributed by atoms with Gasteiger partial charge in [-0.2, -0.15) is 23.4 Å². The number of nitrogens with one attached hydrogen (secondary N) is 1. The first-order valence-corrected chi connectivity index (χ1v) is 11.2. The summed E-state index contributed by atoms with van der Waals surface area (Å²) in [6.45, 7) is 0. The lowest BCUT2D eigenvalue weighted by atomic mass is 10.2. The number of alkyl halides is 3. The Morgan fingerprint density at radius 1 is 1.21 bits per heavy atom. The standard InChI is InChI=1S/C21H15BrF3N5O3S/c1-32-14-5-6-15(33-2)19(22)11(14)10-26-28-20(31)13-9-18-27-12(16-4-3-7-34-16)8-17(21(23,24)25)30(18)29-13/h3-10H,1-2H3,(H,28,31). The first kappa shape index (κ1) is 23.7. The average Bonchev–Trinajstić information content (AvgIpc) is 3.48. The Morgan fingerprint density at radius 2 is 1.94 bits per heavy atom. The van der Waals surface area contributed by atoms with E-state index in [0.717, 1.165) is 6.07 Å². The van der Waals surface area contributed by atoms with Crippen molar-refractivity contribution in [3.8, 4) is 22.1 Å². The van der Waals surface area contributed by atoms with Gasteiger partial charge in [0, 0.05) is 6.07 Å². The van der Waals surface area contributed by atoms with Crippen LogP contribution in [-0.2, 0) is 6.18 Å². The van der Waals surface area contributed by atoms with E-state index < -0.39 is 17.8 Å². The second kappa shape index (κ2) is 9.43. The zero-order chi connectivity index (χ0) is 24.5. The maximum Gasteiger partial charge on any atom is 0.433 e. The zero-order valence-electron chi connectivity index (χ0n) is 17.6. The summed E-state index contributed by atoms with van der Waals surface area (Å²) in [4.78, 5) is 17.4. The van der Waals surface area contributed by atoms with Gasteiger partial charge in [0.2, 0.25) is 0 Å². The van der Waals surface area contributed by atoms with Crippen LogP contribution in [0.3, 0.4) is 0 Å². The lowest BCUT2D eigenvalue weighted by molar-refractivity contribution is -0.142. The summed E-state index contributed by atoms with van der Waals surface area (Å²) in [7, 11) is 2.96. The lowest BCUT2D eigenvalue weighted by Gasteiger charge is -2.10. The normalized spacial score (nSPS) is 11.8. The molecule has 1 N–H and O–H groups in total. The van der Waals surface area contributed by atoms with Crippen molar-refractivity contribution in [1.29, 1.82) is 0 Å². The number of carbonyl (C=O) groups is 1. The Morgan fingerprint density at radius 3 is 2.59 bits per heavy atom. The molecule has 3 heterocycles. The van der Waals surface area contributed by atoms with Crippen molar-refractivity contribution in [1.82, 2.24) is 20.0 Å². The Labute approximate surface area is 203 Å². The number of carbonyl (C=O) groups excluding carboxylic acids is 1. The van der Waals surface area contributed by atoms with Crippen LogP contribution in [0, 0.1) is 0 Å². The number of halogens is 4. The van der Waals surface area contributed by atoms with Crippen molar-refractivity contribution in [3.05, 3.63) is 63.2 Å². The van der Waals surface area contributed by atoms with Gasteiger partial charge in [0.1, 0.15) is 11.5 Å². The fourth-order valence-electron chi connectivity index (χ4n) is 3.06. The Bertz CT molecular complexity index is 1390. The number of nitrogens with zero attached hydrogens (tertiary/aromatic N) is 4. The predicted molar refractivity (Wildman–Crippen MR) is 124 cm³/mol. The number of hydrogen-bond acceptors (Lipinski definition) is 7. The molecular formula is C21H15BrF3N5O3S. The molecule has 176 valence electrons. The van der Waals surface area contributed by atoms with Crippen LogP contribution in [0.5, 0.6) is 11.5 Å². The molecule has 0 fully saturated rings. The smallest absolute Gasteiger partial charge is 0.433 e. The number of fused-ring (bicyclic) bond motifs is 1. The molecule has 8 nitrogen and oxygen atoms in total. The number of benzene rings is 1. The maximum absolute atomic E-state index is 13.7. The van der Waals surface area contributed by atoms with Gasteiger partial charge in [-0.05, 0) is 45.6 Å². The predicted octanol–water partition coefficient (Wildman–Crippen LogP) is 5.02. The highest BCUT2D eigenvalue weighted by Crippen LogP contribution is 2.34. The van der Waals surface area contributed by atoms with Gasteiger partial charge >= 0.3 is 6.18 Å². The van der Waals surface area contributed by atoms with E-state index in [1.165, 1.54) is 37.8 Å². The average molecular weight is 554 g/mol. The molecule has 0 aliphatic rings. The first-order valence-electron chi connectivity index (χ1n) is 9.48. The van der Waals surface area contributed by atoms with Gasteiger partial charge in [0.05, 0.1) is 41.0 Å². The number of hydrogen-bond donors (Lipinski definition) is 1. The third kappa shape index (κ3) is 4.61. The number of aromatic nitrogens is 3. The summed E-state index contributed by atoms with van der Waals surface area (Å²) in [5.74, 6) is 0.158. The van der Waals surface area contributed by atoms with Crippen molar-refractivity contribution in [2.75, 3.05) is 14.2 Å². The number of ether oxygens (including phenoxy) is 2. The van der Waals surface area contributed by atoms with E-state index in [1.807, 2.05) is 0 Å². The molecule has 0 bridgehead atoms. The minimum atomic E-state index is -4.71. The Kier molecular flexibility index (Phi) is 6.57. The van der Waals surface area contributed by atoms with E-state index in [4.69, 9.17) is 9.47 Å². The number of methoxy groups -OCH3 is 2. The summed E-state index contributed by atoms with van der Waals surface area (Å²) in [6.07, 6.45) is -3.40. The highest BCUT2D eigenvalue weighted by atomic mass is 79.9. The van der Waals surface area contributed by atoms with Crippen LogP contribution in [-0.4, -0.2) is 40.9 Å². The van der Waals surface area contributed by atoms with E-state index in [9.17, 15) is 18.0 Å². The van der Waals surface area contributed by atoms with Gasteiger partial charge in [-0.1, -0.05) is 6.07 Å². The van der Waals surface area contributed by atoms with Crippen molar-refractivity contribution in [2.24, 2.45) is 5.10 Å². The summed E-state index contributed by atoms with van der Waals surface area (Å²) in [5, 5.41) is 9.42. The molecule has 13 heteroatoms. The van der Waals surface area contributed by atoms with E-state index in [0.29, 0.717) is 30.9 Å². The summed E-state index contributed by atoms with van der Waals surface area (Å²) in [5.41, 5.74) is 1.42. The van der Waals surface area contributed by atoms with Crippen molar-refractivity contribution in [2.45, 2.75) is 6.18 Å². The molecule has 4 rings (SSSR count). The largest absolute Gasteiger partial charge is 0.496 e. The minimum absolute atomic E-state index is 0.121. The molecule has 3 aromatic heterocycles.